The van der Waals surface area contributed by atoms with E-state index in [0.29, 0.717) is 12.8 Å². The summed E-state index contributed by atoms with van der Waals surface area (Å²) in [7, 11) is 0. The first-order valence-corrected chi connectivity index (χ1v) is 25.9. The van der Waals surface area contributed by atoms with Crippen LogP contribution in [0.15, 0.2) is 0 Å². The zero-order valence-electron chi connectivity index (χ0n) is 35.1. The molecule has 2 atom stereocenters. The summed E-state index contributed by atoms with van der Waals surface area (Å²) in [6.45, 7) is 0. The summed E-state index contributed by atoms with van der Waals surface area (Å²) in [5.74, 6) is 3.08. The molecule has 2 fully saturated rings. The van der Waals surface area contributed by atoms with E-state index in [1.807, 2.05) is 0 Å². The molecule has 0 aromatic rings. The van der Waals surface area contributed by atoms with E-state index in [9.17, 15) is 14.7 Å². The number of hydrogen-bond donors (Lipinski definition) is 3. The molecule has 0 saturated heterocycles. The molecule has 318 valence electrons. The van der Waals surface area contributed by atoms with Gasteiger partial charge in [0.1, 0.15) is 0 Å². The molecule has 0 aromatic heterocycles. The lowest BCUT2D eigenvalue weighted by Crippen LogP contribution is -2.13. The summed E-state index contributed by atoms with van der Waals surface area (Å²) in [5.41, 5.74) is 0. The lowest BCUT2D eigenvalue weighted by atomic mass is 9.94. The highest BCUT2D eigenvalue weighted by molar-refractivity contribution is 8.00. The smallest absolute Gasteiger partial charge is 0.303 e. The number of thioether (sulfide) groups is 2. The number of hydrogen-bond acceptors (Lipinski definition) is 5. The van der Waals surface area contributed by atoms with E-state index in [0.717, 1.165) is 60.9 Å². The van der Waals surface area contributed by atoms with Crippen LogP contribution >= 0.6 is 23.5 Å². The van der Waals surface area contributed by atoms with Crippen molar-refractivity contribution in [2.24, 2.45) is 11.8 Å². The van der Waals surface area contributed by atoms with Crippen LogP contribution in [0.2, 0.25) is 0 Å². The Balaban J connectivity index is 1.56. The first-order chi connectivity index (χ1) is 26.4. The third-order valence-corrected chi connectivity index (χ3v) is 15.8. The van der Waals surface area contributed by atoms with Crippen molar-refractivity contribution in [1.82, 2.24) is 0 Å². The van der Waals surface area contributed by atoms with Crippen LogP contribution in [0, 0.1) is 11.8 Å². The van der Waals surface area contributed by atoms with Gasteiger partial charge in [0.2, 0.25) is 0 Å². The van der Waals surface area contributed by atoms with Gasteiger partial charge in [-0.05, 0) is 100 Å². The Bertz CT molecular complexity index is 791. The van der Waals surface area contributed by atoms with Crippen LogP contribution in [0.5, 0.6) is 0 Å². The van der Waals surface area contributed by atoms with Gasteiger partial charge in [-0.2, -0.15) is 23.5 Å². The maximum Gasteiger partial charge on any atom is 0.303 e. The molecule has 2 rings (SSSR count). The number of aliphatic hydroxyl groups excluding tert-OH is 1. The molecule has 0 bridgehead atoms. The minimum Gasteiger partial charge on any atom is -0.481 e. The van der Waals surface area contributed by atoms with Crippen LogP contribution < -0.4 is 0 Å². The molecule has 0 spiro atoms. The van der Waals surface area contributed by atoms with Crippen LogP contribution in [0.1, 0.15) is 244 Å². The van der Waals surface area contributed by atoms with Crippen LogP contribution in [-0.2, 0) is 9.59 Å². The zero-order valence-corrected chi connectivity index (χ0v) is 36.8. The Labute approximate surface area is 342 Å². The summed E-state index contributed by atoms with van der Waals surface area (Å²) in [6, 6.07) is 0. The van der Waals surface area contributed by atoms with Gasteiger partial charge in [0, 0.05) is 23.3 Å². The fourth-order valence-electron chi connectivity index (χ4n) is 8.94. The Morgan fingerprint density at radius 3 is 1.02 bits per heavy atom. The standard InChI is InChI=1S/C47H88O5S2/c48-43(31-19-11-17-29-41(39-53-44-33-21-13-22-34-44)27-15-7-3-1-5-9-25-37-46(49)50)32-20-12-18-30-42(40-54-45-35-23-14-24-36-45)28-16-8-4-2-6-10-26-38-47(51)52/h41-45,48H,1-40H2,(H,49,50)(H,51,52). The third kappa shape index (κ3) is 30.7. The van der Waals surface area contributed by atoms with E-state index in [4.69, 9.17) is 10.2 Å². The second-order valence-corrected chi connectivity index (χ2v) is 20.3. The molecule has 0 radical (unpaired) electrons. The molecule has 3 N–H and O–H groups in total. The average molecular weight is 797 g/mol. The predicted molar refractivity (Wildman–Crippen MR) is 236 cm³/mol. The number of rotatable bonds is 38. The Morgan fingerprint density at radius 2 is 0.685 bits per heavy atom. The van der Waals surface area contributed by atoms with Crippen molar-refractivity contribution in [2.75, 3.05) is 11.5 Å². The number of unbranched alkanes of at least 4 members (excludes halogenated alkanes) is 16. The van der Waals surface area contributed by atoms with Crippen molar-refractivity contribution in [3.05, 3.63) is 0 Å². The molecular formula is C47H88O5S2. The van der Waals surface area contributed by atoms with E-state index in [1.54, 1.807) is 0 Å². The summed E-state index contributed by atoms with van der Waals surface area (Å²) < 4.78 is 0. The Morgan fingerprint density at radius 1 is 0.407 bits per heavy atom. The van der Waals surface area contributed by atoms with Crippen molar-refractivity contribution >= 4 is 35.5 Å². The highest BCUT2D eigenvalue weighted by Crippen LogP contribution is 2.33. The van der Waals surface area contributed by atoms with Gasteiger partial charge in [0.05, 0.1) is 6.10 Å². The summed E-state index contributed by atoms with van der Waals surface area (Å²) in [5, 5.41) is 30.2. The molecule has 2 aliphatic carbocycles. The van der Waals surface area contributed by atoms with Crippen LogP contribution in [0.4, 0.5) is 0 Å². The van der Waals surface area contributed by atoms with E-state index in [2.05, 4.69) is 23.5 Å². The van der Waals surface area contributed by atoms with Gasteiger partial charge >= 0.3 is 11.9 Å². The quantitative estimate of drug-likeness (QED) is 0.0536. The molecule has 2 aliphatic rings. The van der Waals surface area contributed by atoms with Gasteiger partial charge < -0.3 is 15.3 Å². The molecule has 5 nitrogen and oxygen atoms in total. The Hall–Kier alpha value is -0.400. The van der Waals surface area contributed by atoms with Crippen molar-refractivity contribution in [3.8, 4) is 0 Å². The predicted octanol–water partition coefficient (Wildman–Crippen LogP) is 14.8. The van der Waals surface area contributed by atoms with Gasteiger partial charge in [0.15, 0.2) is 0 Å². The highest BCUT2D eigenvalue weighted by atomic mass is 32.2. The van der Waals surface area contributed by atoms with Gasteiger partial charge in [0.25, 0.3) is 0 Å². The van der Waals surface area contributed by atoms with Crippen LogP contribution in [0.3, 0.4) is 0 Å². The minimum absolute atomic E-state index is 0.117. The van der Waals surface area contributed by atoms with E-state index in [-0.39, 0.29) is 6.10 Å². The SMILES string of the molecule is O=C(O)CCCCCCCCCC(CCCCCC(O)CCCCCC(CCCCCCCCCC(=O)O)CSC1CCCCC1)CSC1CCCCC1. The fraction of sp³-hybridized carbons (Fsp3) is 0.957. The van der Waals surface area contributed by atoms with Crippen molar-refractivity contribution in [3.63, 3.8) is 0 Å². The topological polar surface area (TPSA) is 94.8 Å². The zero-order chi connectivity index (χ0) is 38.7. The first-order valence-electron chi connectivity index (χ1n) is 23.8. The number of aliphatic hydroxyl groups is 1. The highest BCUT2D eigenvalue weighted by Gasteiger charge is 2.18. The maximum atomic E-state index is 10.8. The summed E-state index contributed by atoms with van der Waals surface area (Å²) in [6.07, 6.45) is 46.4. The van der Waals surface area contributed by atoms with Gasteiger partial charge in [-0.3, -0.25) is 9.59 Å². The molecular weight excluding hydrogens is 709 g/mol. The summed E-state index contributed by atoms with van der Waals surface area (Å²) in [4.78, 5) is 21.4. The van der Waals surface area contributed by atoms with Gasteiger partial charge in [-0.1, -0.05) is 154 Å². The second-order valence-electron chi connectivity index (χ2n) is 17.7. The normalized spacial score (nSPS) is 17.4. The van der Waals surface area contributed by atoms with Crippen molar-refractivity contribution < 1.29 is 24.9 Å². The molecule has 7 heteroatoms. The first kappa shape index (κ1) is 49.7. The second kappa shape index (κ2) is 35.7. The van der Waals surface area contributed by atoms with E-state index < -0.39 is 11.9 Å². The van der Waals surface area contributed by atoms with Crippen LogP contribution in [-0.4, -0.2) is 55.4 Å². The molecule has 0 aromatic carbocycles. The number of carboxylic acid groups (broad SMARTS) is 2. The van der Waals surface area contributed by atoms with E-state index >= 15 is 0 Å². The van der Waals surface area contributed by atoms with Crippen LogP contribution in [0.25, 0.3) is 0 Å². The van der Waals surface area contributed by atoms with Crippen molar-refractivity contribution in [1.29, 1.82) is 0 Å². The average Bonchev–Trinajstić information content (AvgIpc) is 3.17. The third-order valence-electron chi connectivity index (χ3n) is 12.5. The maximum absolute atomic E-state index is 10.8. The fourth-order valence-corrected chi connectivity index (χ4v) is 12.0. The molecule has 0 heterocycles. The van der Waals surface area contributed by atoms with Crippen molar-refractivity contribution in [2.45, 2.75) is 261 Å². The lowest BCUT2D eigenvalue weighted by Gasteiger charge is -2.24. The van der Waals surface area contributed by atoms with Gasteiger partial charge in [-0.25, -0.2) is 0 Å². The molecule has 2 unspecified atom stereocenters. The largest absolute Gasteiger partial charge is 0.481 e. The molecule has 2 saturated carbocycles. The summed E-state index contributed by atoms with van der Waals surface area (Å²) >= 11 is 4.57. The minimum atomic E-state index is -0.660. The Kier molecular flexibility index (Phi) is 32.9. The van der Waals surface area contributed by atoms with E-state index in [1.165, 1.54) is 204 Å². The molecule has 54 heavy (non-hydrogen) atoms. The number of carbonyl (C=O) groups is 2. The molecule has 0 aliphatic heterocycles. The monoisotopic (exact) mass is 797 g/mol. The number of carboxylic acids is 2. The number of aliphatic carboxylic acids is 2. The molecule has 0 amide bonds. The van der Waals surface area contributed by atoms with Gasteiger partial charge in [-0.15, -0.1) is 0 Å². The lowest BCUT2D eigenvalue weighted by molar-refractivity contribution is -0.138.